The molecule has 4 nitrogen and oxygen atoms in total. The van der Waals surface area contributed by atoms with Crippen molar-refractivity contribution >= 4 is 0 Å². The van der Waals surface area contributed by atoms with Crippen molar-refractivity contribution < 1.29 is 0 Å². The van der Waals surface area contributed by atoms with Crippen molar-refractivity contribution in [1.82, 2.24) is 20.0 Å². The minimum absolute atomic E-state index is 0.591. The molecule has 0 amide bonds. The Labute approximate surface area is 104 Å². The zero-order valence-electron chi connectivity index (χ0n) is 11.2. The maximum absolute atomic E-state index is 4.32. The topological polar surface area (TPSA) is 33.1 Å². The van der Waals surface area contributed by atoms with Crippen molar-refractivity contribution in [2.24, 2.45) is 0 Å². The molecule has 2 heterocycles. The summed E-state index contributed by atoms with van der Waals surface area (Å²) in [6.07, 6.45) is 5.31. The molecule has 96 valence electrons. The van der Waals surface area contributed by atoms with Crippen LogP contribution in [0.1, 0.15) is 25.8 Å². The van der Waals surface area contributed by atoms with E-state index < -0.39 is 0 Å². The van der Waals surface area contributed by atoms with Crippen LogP contribution in [0, 0.1) is 6.92 Å². The Morgan fingerprint density at radius 2 is 2.29 bits per heavy atom. The van der Waals surface area contributed by atoms with E-state index in [0.29, 0.717) is 12.1 Å². The molecule has 4 heteroatoms. The number of aryl methyl sites for hydroxylation is 1. The molecular weight excluding hydrogens is 212 g/mol. The average molecular weight is 236 g/mol. The summed E-state index contributed by atoms with van der Waals surface area (Å²) in [7, 11) is 0. The van der Waals surface area contributed by atoms with E-state index in [1.165, 1.54) is 25.1 Å². The summed E-state index contributed by atoms with van der Waals surface area (Å²) in [5, 5.41) is 7.93. The van der Waals surface area contributed by atoms with Crippen LogP contribution < -0.4 is 5.32 Å². The maximum atomic E-state index is 4.32. The van der Waals surface area contributed by atoms with Gasteiger partial charge >= 0.3 is 0 Å². The molecule has 1 aromatic rings. The van der Waals surface area contributed by atoms with Crippen molar-refractivity contribution in [2.75, 3.05) is 19.6 Å². The standard InChI is InChI=1S/C13H24N4/c1-11(2)15-13-4-5-16(10-13)6-7-17-9-12(3)8-14-17/h8-9,11,13,15H,4-7,10H2,1-3H3. The molecule has 1 aliphatic heterocycles. The van der Waals surface area contributed by atoms with Crippen molar-refractivity contribution in [1.29, 1.82) is 0 Å². The molecule has 0 radical (unpaired) electrons. The van der Waals surface area contributed by atoms with Gasteiger partial charge in [0, 0.05) is 31.4 Å². The Balaban J connectivity index is 1.71. The SMILES string of the molecule is Cc1cnn(CCN2CCC(NC(C)C)C2)c1. The molecule has 0 aromatic carbocycles. The van der Waals surface area contributed by atoms with Gasteiger partial charge in [-0.2, -0.15) is 5.10 Å². The van der Waals surface area contributed by atoms with Gasteiger partial charge in [0.1, 0.15) is 0 Å². The average Bonchev–Trinajstić information content (AvgIpc) is 2.84. The molecule has 1 aromatic heterocycles. The smallest absolute Gasteiger partial charge is 0.0536 e. The molecule has 1 saturated heterocycles. The van der Waals surface area contributed by atoms with Gasteiger partial charge < -0.3 is 5.32 Å². The molecular formula is C13H24N4. The van der Waals surface area contributed by atoms with E-state index in [-0.39, 0.29) is 0 Å². The van der Waals surface area contributed by atoms with Crippen LogP contribution in [0.15, 0.2) is 12.4 Å². The summed E-state index contributed by atoms with van der Waals surface area (Å²) in [4.78, 5) is 2.52. The quantitative estimate of drug-likeness (QED) is 0.835. The fraction of sp³-hybridized carbons (Fsp3) is 0.769. The predicted octanol–water partition coefficient (Wildman–Crippen LogP) is 1.26. The van der Waals surface area contributed by atoms with Crippen LogP contribution >= 0.6 is 0 Å². The van der Waals surface area contributed by atoms with Gasteiger partial charge in [0.25, 0.3) is 0 Å². The lowest BCUT2D eigenvalue weighted by Crippen LogP contribution is -2.37. The number of hydrogen-bond donors (Lipinski definition) is 1. The van der Waals surface area contributed by atoms with Gasteiger partial charge in [-0.05, 0) is 25.5 Å². The lowest BCUT2D eigenvalue weighted by atomic mass is 10.2. The molecule has 1 atom stereocenters. The monoisotopic (exact) mass is 236 g/mol. The highest BCUT2D eigenvalue weighted by Gasteiger charge is 2.22. The fourth-order valence-corrected chi connectivity index (χ4v) is 2.48. The summed E-state index contributed by atoms with van der Waals surface area (Å²) in [5.74, 6) is 0. The number of nitrogens with zero attached hydrogens (tertiary/aromatic N) is 3. The van der Waals surface area contributed by atoms with Crippen LogP contribution in [-0.2, 0) is 6.54 Å². The van der Waals surface area contributed by atoms with E-state index in [1.54, 1.807) is 0 Å². The highest BCUT2D eigenvalue weighted by Crippen LogP contribution is 2.09. The van der Waals surface area contributed by atoms with Gasteiger partial charge in [0.15, 0.2) is 0 Å². The normalized spacial score (nSPS) is 21.5. The first-order chi connectivity index (χ1) is 8.13. The second-order valence-corrected chi connectivity index (χ2v) is 5.39. The van der Waals surface area contributed by atoms with Gasteiger partial charge in [-0.15, -0.1) is 0 Å². The molecule has 17 heavy (non-hydrogen) atoms. The van der Waals surface area contributed by atoms with Crippen LogP contribution in [0.5, 0.6) is 0 Å². The number of aromatic nitrogens is 2. The zero-order chi connectivity index (χ0) is 12.3. The molecule has 0 aliphatic carbocycles. The van der Waals surface area contributed by atoms with Crippen molar-refractivity contribution in [2.45, 2.75) is 45.8 Å². The first kappa shape index (κ1) is 12.6. The largest absolute Gasteiger partial charge is 0.310 e. The molecule has 0 spiro atoms. The van der Waals surface area contributed by atoms with Gasteiger partial charge in [0.2, 0.25) is 0 Å². The van der Waals surface area contributed by atoms with Crippen LogP contribution in [0.2, 0.25) is 0 Å². The Morgan fingerprint density at radius 1 is 1.47 bits per heavy atom. The highest BCUT2D eigenvalue weighted by molar-refractivity contribution is 4.99. The van der Waals surface area contributed by atoms with Crippen LogP contribution in [0.3, 0.4) is 0 Å². The summed E-state index contributed by atoms with van der Waals surface area (Å²) in [6.45, 7) is 11.0. The first-order valence-corrected chi connectivity index (χ1v) is 6.61. The Hall–Kier alpha value is -0.870. The van der Waals surface area contributed by atoms with Gasteiger partial charge in [0.05, 0.1) is 12.7 Å². The Morgan fingerprint density at radius 3 is 2.94 bits per heavy atom. The van der Waals surface area contributed by atoms with E-state index in [1.807, 2.05) is 10.9 Å². The van der Waals surface area contributed by atoms with Gasteiger partial charge in [-0.1, -0.05) is 13.8 Å². The molecule has 0 bridgehead atoms. The first-order valence-electron chi connectivity index (χ1n) is 6.61. The highest BCUT2D eigenvalue weighted by atomic mass is 15.3. The van der Waals surface area contributed by atoms with E-state index in [4.69, 9.17) is 0 Å². The lowest BCUT2D eigenvalue weighted by molar-refractivity contribution is 0.304. The lowest BCUT2D eigenvalue weighted by Gasteiger charge is -2.18. The molecule has 1 aliphatic rings. The van der Waals surface area contributed by atoms with Crippen molar-refractivity contribution in [3.05, 3.63) is 18.0 Å². The number of nitrogens with one attached hydrogen (secondary N) is 1. The van der Waals surface area contributed by atoms with E-state index in [0.717, 1.165) is 13.1 Å². The predicted molar refractivity (Wildman–Crippen MR) is 70.1 cm³/mol. The number of likely N-dealkylation sites (tertiary alicyclic amines) is 1. The minimum atomic E-state index is 0.591. The van der Waals surface area contributed by atoms with E-state index >= 15 is 0 Å². The second kappa shape index (κ2) is 5.65. The van der Waals surface area contributed by atoms with E-state index in [9.17, 15) is 0 Å². The van der Waals surface area contributed by atoms with Crippen molar-refractivity contribution in [3.63, 3.8) is 0 Å². The summed E-state index contributed by atoms with van der Waals surface area (Å²) >= 11 is 0. The fourth-order valence-electron chi connectivity index (χ4n) is 2.48. The third-order valence-electron chi connectivity index (χ3n) is 3.25. The van der Waals surface area contributed by atoms with Gasteiger partial charge in [-0.25, -0.2) is 0 Å². The molecule has 0 saturated carbocycles. The third-order valence-corrected chi connectivity index (χ3v) is 3.25. The number of hydrogen-bond acceptors (Lipinski definition) is 3. The molecule has 1 N–H and O–H groups in total. The summed E-state index contributed by atoms with van der Waals surface area (Å²) < 4.78 is 2.04. The maximum Gasteiger partial charge on any atom is 0.0536 e. The third kappa shape index (κ3) is 3.82. The summed E-state index contributed by atoms with van der Waals surface area (Å²) in [6, 6.07) is 1.27. The molecule has 1 unspecified atom stereocenters. The molecule has 2 rings (SSSR count). The van der Waals surface area contributed by atoms with Crippen LogP contribution in [0.4, 0.5) is 0 Å². The molecule has 1 fully saturated rings. The minimum Gasteiger partial charge on any atom is -0.310 e. The van der Waals surface area contributed by atoms with Crippen molar-refractivity contribution in [3.8, 4) is 0 Å². The Bertz CT molecular complexity index is 345. The second-order valence-electron chi connectivity index (χ2n) is 5.39. The van der Waals surface area contributed by atoms with Gasteiger partial charge in [-0.3, -0.25) is 9.58 Å². The summed E-state index contributed by atoms with van der Waals surface area (Å²) in [5.41, 5.74) is 1.24. The zero-order valence-corrected chi connectivity index (χ0v) is 11.2. The Kier molecular flexibility index (Phi) is 4.18. The van der Waals surface area contributed by atoms with Crippen LogP contribution in [-0.4, -0.2) is 46.4 Å². The van der Waals surface area contributed by atoms with Crippen LogP contribution in [0.25, 0.3) is 0 Å². The van der Waals surface area contributed by atoms with E-state index in [2.05, 4.69) is 42.3 Å². The number of rotatable bonds is 5.